The van der Waals surface area contributed by atoms with E-state index in [-0.39, 0.29) is 18.2 Å². The normalized spacial score (nSPS) is 19.0. The lowest BCUT2D eigenvalue weighted by Gasteiger charge is -2.27. The summed E-state index contributed by atoms with van der Waals surface area (Å²) in [6.07, 6.45) is -0.244. The second kappa shape index (κ2) is 15.8. The Morgan fingerprint density at radius 1 is 0.951 bits per heavy atom. The molecule has 1 heterocycles. The van der Waals surface area contributed by atoms with Crippen LogP contribution in [0, 0.1) is 5.92 Å². The van der Waals surface area contributed by atoms with Crippen molar-refractivity contribution >= 4 is 43.3 Å². The number of amides is 6. The third kappa shape index (κ3) is 11.7. The van der Waals surface area contributed by atoms with Crippen LogP contribution in [0.3, 0.4) is 0 Å². The van der Waals surface area contributed by atoms with E-state index in [2.05, 4.69) is 25.8 Å². The van der Waals surface area contributed by atoms with Crippen molar-refractivity contribution in [1.29, 1.82) is 0 Å². The molecule has 17 nitrogen and oxygen atoms in total. The van der Waals surface area contributed by atoms with E-state index in [1.807, 2.05) is 13.8 Å². The van der Waals surface area contributed by atoms with Crippen molar-refractivity contribution in [2.45, 2.75) is 90.2 Å². The molecule has 6 amide bonds. The Labute approximate surface area is 237 Å². The molecule has 0 aromatic heterocycles. The third-order valence-electron chi connectivity index (χ3n) is 6.24. The zero-order valence-corrected chi connectivity index (χ0v) is 24.6. The smallest absolute Gasteiger partial charge is 0.394 e. The molecule has 9 N–H and O–H groups in total. The fraction of sp³-hybridized carbons (Fsp3) is 0.739. The minimum absolute atomic E-state index is 0.0275. The van der Waals surface area contributed by atoms with Gasteiger partial charge in [0, 0.05) is 13.5 Å². The molecule has 0 saturated carbocycles. The fourth-order valence-electron chi connectivity index (χ4n) is 4.21. The molecule has 1 fully saturated rings. The van der Waals surface area contributed by atoms with Crippen LogP contribution in [0.5, 0.6) is 0 Å². The van der Waals surface area contributed by atoms with E-state index in [0.717, 1.165) is 6.92 Å². The predicted molar refractivity (Wildman–Crippen MR) is 142 cm³/mol. The Balaban J connectivity index is 2.87. The number of likely N-dealkylation sites (tertiary alicyclic amines) is 1. The first-order chi connectivity index (χ1) is 18.9. The monoisotopic (exact) mass is 608 g/mol. The van der Waals surface area contributed by atoms with Gasteiger partial charge in [-0.25, -0.2) is 4.57 Å². The zero-order valence-electron chi connectivity index (χ0n) is 23.7. The number of nitrogens with two attached hydrogens (primary N) is 1. The molecule has 41 heavy (non-hydrogen) atoms. The fourth-order valence-corrected chi connectivity index (χ4v) is 4.76. The molecule has 1 aliphatic heterocycles. The highest BCUT2D eigenvalue weighted by atomic mass is 31.2. The first kappa shape index (κ1) is 35.9. The van der Waals surface area contributed by atoms with Gasteiger partial charge in [-0.3, -0.25) is 33.3 Å². The van der Waals surface area contributed by atoms with Gasteiger partial charge in [-0.1, -0.05) is 13.8 Å². The predicted octanol–water partition coefficient (Wildman–Crippen LogP) is -3.02. The minimum atomic E-state index is -5.04. The number of phosphoric ester groups is 1. The van der Waals surface area contributed by atoms with Crippen molar-refractivity contribution in [1.82, 2.24) is 26.2 Å². The van der Waals surface area contributed by atoms with E-state index in [1.54, 1.807) is 0 Å². The molecule has 0 unspecified atom stereocenters. The quantitative estimate of drug-likeness (QED) is 0.0867. The van der Waals surface area contributed by atoms with Crippen molar-refractivity contribution in [3.63, 3.8) is 0 Å². The molecule has 0 aliphatic carbocycles. The molecule has 0 aromatic carbocycles. The number of nitrogens with one attached hydrogen (secondary N) is 4. The summed E-state index contributed by atoms with van der Waals surface area (Å²) in [5.74, 6) is -4.70. The Morgan fingerprint density at radius 3 is 2.02 bits per heavy atom. The second-order valence-corrected chi connectivity index (χ2v) is 11.4. The van der Waals surface area contributed by atoms with Gasteiger partial charge in [-0.15, -0.1) is 0 Å². The maximum atomic E-state index is 13.0. The van der Waals surface area contributed by atoms with Crippen LogP contribution in [0.1, 0.15) is 53.9 Å². The molecule has 6 atom stereocenters. The molecule has 0 spiro atoms. The first-order valence-electron chi connectivity index (χ1n) is 13.0. The average Bonchev–Trinajstić information content (AvgIpc) is 3.34. The maximum Gasteiger partial charge on any atom is 0.469 e. The van der Waals surface area contributed by atoms with E-state index in [0.29, 0.717) is 19.4 Å². The summed E-state index contributed by atoms with van der Waals surface area (Å²) in [5.41, 5.74) is 5.18. The number of rotatable bonds is 15. The first-order valence-corrected chi connectivity index (χ1v) is 14.5. The summed E-state index contributed by atoms with van der Waals surface area (Å²) < 4.78 is 15.4. The summed E-state index contributed by atoms with van der Waals surface area (Å²) >= 11 is 0. The van der Waals surface area contributed by atoms with Crippen molar-refractivity contribution in [3.8, 4) is 0 Å². The van der Waals surface area contributed by atoms with Crippen molar-refractivity contribution in [3.05, 3.63) is 0 Å². The van der Waals surface area contributed by atoms with Crippen LogP contribution in [0.4, 0.5) is 0 Å². The zero-order chi connectivity index (χ0) is 31.7. The van der Waals surface area contributed by atoms with E-state index in [9.17, 15) is 38.4 Å². The molecule has 234 valence electrons. The third-order valence-corrected chi connectivity index (χ3v) is 6.85. The molecular formula is C23H41N6O11P. The number of hydrogen-bond donors (Lipinski definition) is 8. The van der Waals surface area contributed by atoms with E-state index in [1.165, 1.54) is 18.7 Å². The highest BCUT2D eigenvalue weighted by molar-refractivity contribution is 7.46. The van der Waals surface area contributed by atoms with Gasteiger partial charge in [-0.05, 0) is 39.0 Å². The molecular weight excluding hydrogens is 567 g/mol. The standard InChI is InChI=1S/C23H41N6O11P/c1-11(2)9-15(26-23(36)17-7-6-8-29(17)14(5)31)21(34)25-12(3)20(33)27-16(10-30)22(35)28-18(19(24)32)13(4)40-41(37,38)39/h11-13,15-18,30H,6-10H2,1-5H3,(H2,24,32)(H,25,34)(H,26,36)(H,27,33)(H,28,35)(H2,37,38,39)/t12-,13+,15-,16-,17-,18-/m0/s1. The number of aliphatic hydroxyl groups excluding tert-OH is 1. The maximum absolute atomic E-state index is 13.0. The number of carbonyl (C=O) groups is 6. The summed E-state index contributed by atoms with van der Waals surface area (Å²) in [4.78, 5) is 94.0. The lowest BCUT2D eigenvalue weighted by Crippen LogP contribution is -2.60. The molecule has 1 aliphatic rings. The highest BCUT2D eigenvalue weighted by Gasteiger charge is 2.36. The Hall–Kier alpha value is -3.11. The van der Waals surface area contributed by atoms with Crippen LogP contribution in [-0.2, 0) is 37.9 Å². The van der Waals surface area contributed by atoms with Crippen LogP contribution in [0.25, 0.3) is 0 Å². The van der Waals surface area contributed by atoms with Crippen molar-refractivity contribution in [2.24, 2.45) is 11.7 Å². The van der Waals surface area contributed by atoms with Gasteiger partial charge in [0.2, 0.25) is 35.4 Å². The molecule has 18 heteroatoms. The summed E-state index contributed by atoms with van der Waals surface area (Å²) in [7, 11) is -5.04. The Kier molecular flexibility index (Phi) is 13.8. The van der Waals surface area contributed by atoms with Gasteiger partial charge in [0.05, 0.1) is 12.7 Å². The van der Waals surface area contributed by atoms with Crippen molar-refractivity contribution in [2.75, 3.05) is 13.2 Å². The van der Waals surface area contributed by atoms with Gasteiger partial charge < -0.3 is 46.8 Å². The van der Waals surface area contributed by atoms with Crippen LogP contribution in [0.2, 0.25) is 0 Å². The molecule has 0 radical (unpaired) electrons. The largest absolute Gasteiger partial charge is 0.469 e. The Morgan fingerprint density at radius 2 is 1.54 bits per heavy atom. The average molecular weight is 609 g/mol. The molecule has 1 saturated heterocycles. The number of primary amides is 1. The van der Waals surface area contributed by atoms with Crippen LogP contribution >= 0.6 is 7.82 Å². The lowest BCUT2D eigenvalue weighted by molar-refractivity contribution is -0.138. The number of carbonyl (C=O) groups excluding carboxylic acids is 6. The lowest BCUT2D eigenvalue weighted by atomic mass is 10.0. The van der Waals surface area contributed by atoms with Gasteiger partial charge >= 0.3 is 7.82 Å². The van der Waals surface area contributed by atoms with E-state index in [4.69, 9.17) is 15.5 Å². The van der Waals surface area contributed by atoms with E-state index >= 15 is 0 Å². The highest BCUT2D eigenvalue weighted by Crippen LogP contribution is 2.38. The van der Waals surface area contributed by atoms with Crippen LogP contribution < -0.4 is 27.0 Å². The van der Waals surface area contributed by atoms with Crippen molar-refractivity contribution < 1.29 is 52.7 Å². The topological polar surface area (TPSA) is 267 Å². The summed E-state index contributed by atoms with van der Waals surface area (Å²) in [5, 5.41) is 19.0. The SMILES string of the molecule is CC(=O)N1CCC[C@H]1C(=O)N[C@@H](CC(C)C)C(=O)N[C@@H](C)C(=O)N[C@@H](CO)C(=O)N[C@H](C(N)=O)[C@@H](C)OP(=O)(O)O. The summed E-state index contributed by atoms with van der Waals surface area (Å²) in [6.45, 7) is 6.86. The van der Waals surface area contributed by atoms with Gasteiger partial charge in [0.25, 0.3) is 0 Å². The van der Waals surface area contributed by atoms with Gasteiger partial charge in [0.15, 0.2) is 0 Å². The van der Waals surface area contributed by atoms with Crippen LogP contribution in [-0.4, -0.2) is 105 Å². The minimum Gasteiger partial charge on any atom is -0.394 e. The molecule has 0 bridgehead atoms. The van der Waals surface area contributed by atoms with E-state index < -0.39 is 80.3 Å². The van der Waals surface area contributed by atoms with Gasteiger partial charge in [-0.2, -0.15) is 0 Å². The second-order valence-electron chi connectivity index (χ2n) is 10.2. The number of phosphoric acid groups is 1. The number of nitrogens with zero attached hydrogens (tertiary/aromatic N) is 1. The molecule has 1 rings (SSSR count). The number of aliphatic hydroxyl groups is 1. The summed E-state index contributed by atoms with van der Waals surface area (Å²) in [6, 6.07) is -6.36. The van der Waals surface area contributed by atoms with Crippen LogP contribution in [0.15, 0.2) is 0 Å². The Bertz CT molecular complexity index is 1040. The van der Waals surface area contributed by atoms with Gasteiger partial charge in [0.1, 0.15) is 30.2 Å². The number of hydrogen-bond acceptors (Lipinski definition) is 9. The molecule has 0 aromatic rings.